The van der Waals surface area contributed by atoms with E-state index in [1.54, 1.807) is 4.31 Å². The van der Waals surface area contributed by atoms with Crippen LogP contribution in [0, 0.1) is 0 Å². The molecule has 26 heavy (non-hydrogen) atoms. The minimum absolute atomic E-state index is 0.0541. The molecule has 0 aliphatic heterocycles. The molecule has 0 unspecified atom stereocenters. The second-order valence-corrected chi connectivity index (χ2v) is 9.14. The molecular formula is C20H32N2O3S. The number of aryl methyl sites for hydroxylation is 1. The van der Waals surface area contributed by atoms with E-state index in [4.69, 9.17) is 0 Å². The third-order valence-electron chi connectivity index (χ3n) is 5.02. The lowest BCUT2D eigenvalue weighted by Gasteiger charge is -2.28. The van der Waals surface area contributed by atoms with Crippen molar-refractivity contribution in [2.45, 2.75) is 63.8 Å². The van der Waals surface area contributed by atoms with Crippen LogP contribution in [0.25, 0.3) is 0 Å². The van der Waals surface area contributed by atoms with Crippen LogP contribution in [0.2, 0.25) is 0 Å². The lowest BCUT2D eigenvalue weighted by molar-refractivity contribution is -0.121. The molecular weight excluding hydrogens is 348 g/mol. The van der Waals surface area contributed by atoms with Gasteiger partial charge in [0.1, 0.15) is 0 Å². The minimum atomic E-state index is -3.28. The molecule has 1 saturated carbocycles. The number of carbonyl (C=O) groups excluding carboxylic acids is 1. The summed E-state index contributed by atoms with van der Waals surface area (Å²) in [4.78, 5) is 12.1. The predicted molar refractivity (Wildman–Crippen MR) is 105 cm³/mol. The predicted octanol–water partition coefficient (Wildman–Crippen LogP) is 3.11. The van der Waals surface area contributed by atoms with Crippen molar-refractivity contribution in [1.29, 1.82) is 0 Å². The standard InChI is InChI=1S/C20H32N2O3S/c1-26(24,25)22(19-13-7-2-3-8-14-19)17-15-20(23)21-16-9-12-18-10-5-4-6-11-18/h4-6,10-11,19H,2-3,7-9,12-17H2,1H3,(H,21,23). The molecule has 1 aliphatic rings. The largest absolute Gasteiger partial charge is 0.356 e. The Hall–Kier alpha value is -1.40. The molecule has 0 radical (unpaired) electrons. The van der Waals surface area contributed by atoms with Gasteiger partial charge < -0.3 is 5.32 Å². The maximum absolute atomic E-state index is 12.2. The Morgan fingerprint density at radius 2 is 1.77 bits per heavy atom. The third-order valence-corrected chi connectivity index (χ3v) is 6.36. The van der Waals surface area contributed by atoms with Crippen LogP contribution < -0.4 is 5.32 Å². The van der Waals surface area contributed by atoms with E-state index in [2.05, 4.69) is 17.4 Å². The van der Waals surface area contributed by atoms with Crippen molar-refractivity contribution < 1.29 is 13.2 Å². The second-order valence-electron chi connectivity index (χ2n) is 7.21. The van der Waals surface area contributed by atoms with E-state index in [-0.39, 0.29) is 24.9 Å². The van der Waals surface area contributed by atoms with E-state index in [0.717, 1.165) is 38.5 Å². The summed E-state index contributed by atoms with van der Waals surface area (Å²) in [6.07, 6.45) is 9.62. The van der Waals surface area contributed by atoms with Crippen LogP contribution in [0.4, 0.5) is 0 Å². The number of hydrogen-bond acceptors (Lipinski definition) is 3. The van der Waals surface area contributed by atoms with E-state index in [1.165, 1.54) is 24.7 Å². The fourth-order valence-corrected chi connectivity index (χ4v) is 4.81. The molecule has 1 aromatic carbocycles. The van der Waals surface area contributed by atoms with Gasteiger partial charge in [-0.15, -0.1) is 0 Å². The SMILES string of the molecule is CS(=O)(=O)N(CCC(=O)NCCCc1ccccc1)C1CCCCCC1. The normalized spacial score (nSPS) is 16.4. The highest BCUT2D eigenvalue weighted by Crippen LogP contribution is 2.23. The Kier molecular flexibility index (Phi) is 8.59. The lowest BCUT2D eigenvalue weighted by Crippen LogP contribution is -2.41. The van der Waals surface area contributed by atoms with Crippen molar-refractivity contribution in [3.63, 3.8) is 0 Å². The number of nitrogens with one attached hydrogen (secondary N) is 1. The molecule has 0 bridgehead atoms. The van der Waals surface area contributed by atoms with Crippen LogP contribution in [0.5, 0.6) is 0 Å². The zero-order valence-electron chi connectivity index (χ0n) is 15.8. The van der Waals surface area contributed by atoms with Gasteiger partial charge in [-0.25, -0.2) is 8.42 Å². The Bertz CT molecular complexity index is 638. The van der Waals surface area contributed by atoms with E-state index < -0.39 is 10.0 Å². The number of hydrogen-bond donors (Lipinski definition) is 1. The van der Waals surface area contributed by atoms with Gasteiger partial charge in [0.25, 0.3) is 0 Å². The first kappa shape index (κ1) is 20.9. The van der Waals surface area contributed by atoms with Crippen LogP contribution in [0.3, 0.4) is 0 Å². The van der Waals surface area contributed by atoms with Gasteiger partial charge >= 0.3 is 0 Å². The fraction of sp³-hybridized carbons (Fsp3) is 0.650. The molecule has 1 N–H and O–H groups in total. The summed E-state index contributed by atoms with van der Waals surface area (Å²) >= 11 is 0. The number of nitrogens with zero attached hydrogens (tertiary/aromatic N) is 1. The van der Waals surface area contributed by atoms with Gasteiger partial charge in [0, 0.05) is 25.6 Å². The molecule has 0 spiro atoms. The molecule has 1 fully saturated rings. The summed E-state index contributed by atoms with van der Waals surface area (Å²) in [6, 6.07) is 10.2. The minimum Gasteiger partial charge on any atom is -0.356 e. The number of rotatable bonds is 9. The average molecular weight is 381 g/mol. The number of amides is 1. The van der Waals surface area contributed by atoms with Crippen molar-refractivity contribution in [1.82, 2.24) is 9.62 Å². The van der Waals surface area contributed by atoms with Crippen molar-refractivity contribution >= 4 is 15.9 Å². The first-order valence-corrected chi connectivity index (χ1v) is 11.6. The average Bonchev–Trinajstić information content (AvgIpc) is 2.88. The molecule has 1 aliphatic carbocycles. The third kappa shape index (κ3) is 7.46. The zero-order valence-corrected chi connectivity index (χ0v) is 16.6. The molecule has 146 valence electrons. The number of benzene rings is 1. The van der Waals surface area contributed by atoms with Crippen LogP contribution >= 0.6 is 0 Å². The molecule has 0 heterocycles. The van der Waals surface area contributed by atoms with Crippen LogP contribution in [-0.2, 0) is 21.2 Å². The monoisotopic (exact) mass is 380 g/mol. The van der Waals surface area contributed by atoms with Crippen molar-refractivity contribution in [3.8, 4) is 0 Å². The Labute approximate surface area is 158 Å². The molecule has 0 aromatic heterocycles. The molecule has 6 heteroatoms. The Morgan fingerprint density at radius 3 is 2.38 bits per heavy atom. The fourth-order valence-electron chi connectivity index (χ4n) is 3.63. The Morgan fingerprint density at radius 1 is 1.12 bits per heavy atom. The highest BCUT2D eigenvalue weighted by Gasteiger charge is 2.27. The smallest absolute Gasteiger partial charge is 0.221 e. The maximum Gasteiger partial charge on any atom is 0.221 e. The van der Waals surface area contributed by atoms with E-state index >= 15 is 0 Å². The van der Waals surface area contributed by atoms with Crippen molar-refractivity contribution in [2.24, 2.45) is 0 Å². The molecule has 5 nitrogen and oxygen atoms in total. The van der Waals surface area contributed by atoms with E-state index in [1.807, 2.05) is 18.2 Å². The van der Waals surface area contributed by atoms with Gasteiger partial charge in [0.15, 0.2) is 0 Å². The summed E-state index contributed by atoms with van der Waals surface area (Å²) in [6.45, 7) is 0.907. The van der Waals surface area contributed by atoms with E-state index in [0.29, 0.717) is 6.54 Å². The molecule has 1 aromatic rings. The first-order chi connectivity index (χ1) is 12.5. The summed E-state index contributed by atoms with van der Waals surface area (Å²) in [5.41, 5.74) is 1.26. The van der Waals surface area contributed by atoms with Crippen LogP contribution in [-0.4, -0.2) is 44.0 Å². The van der Waals surface area contributed by atoms with Gasteiger partial charge in [0.2, 0.25) is 15.9 Å². The lowest BCUT2D eigenvalue weighted by atomic mass is 10.1. The molecule has 2 rings (SSSR count). The number of carbonyl (C=O) groups is 1. The molecule has 1 amide bonds. The Balaban J connectivity index is 1.74. The highest BCUT2D eigenvalue weighted by atomic mass is 32.2. The summed E-state index contributed by atoms with van der Waals surface area (Å²) in [5, 5.41) is 2.91. The number of sulfonamides is 1. The zero-order chi connectivity index (χ0) is 18.8. The van der Waals surface area contributed by atoms with Gasteiger partial charge in [0.05, 0.1) is 6.26 Å². The van der Waals surface area contributed by atoms with Crippen LogP contribution in [0.1, 0.15) is 56.9 Å². The molecule has 0 saturated heterocycles. The van der Waals surface area contributed by atoms with Crippen molar-refractivity contribution in [3.05, 3.63) is 35.9 Å². The second kappa shape index (κ2) is 10.7. The topological polar surface area (TPSA) is 66.5 Å². The molecule has 0 atom stereocenters. The summed E-state index contributed by atoms with van der Waals surface area (Å²) < 4.78 is 25.9. The highest BCUT2D eigenvalue weighted by molar-refractivity contribution is 7.88. The van der Waals surface area contributed by atoms with E-state index in [9.17, 15) is 13.2 Å². The maximum atomic E-state index is 12.2. The van der Waals surface area contributed by atoms with Gasteiger partial charge in [-0.05, 0) is 31.2 Å². The van der Waals surface area contributed by atoms with Gasteiger partial charge in [-0.3, -0.25) is 4.79 Å². The van der Waals surface area contributed by atoms with Gasteiger partial charge in [-0.2, -0.15) is 4.31 Å². The summed E-state index contributed by atoms with van der Waals surface area (Å²) in [7, 11) is -3.28. The van der Waals surface area contributed by atoms with Crippen molar-refractivity contribution in [2.75, 3.05) is 19.3 Å². The quantitative estimate of drug-likeness (QED) is 0.529. The van der Waals surface area contributed by atoms with Gasteiger partial charge in [-0.1, -0.05) is 56.0 Å². The first-order valence-electron chi connectivity index (χ1n) is 9.74. The van der Waals surface area contributed by atoms with Crippen LogP contribution in [0.15, 0.2) is 30.3 Å². The summed E-state index contributed by atoms with van der Waals surface area (Å²) in [5.74, 6) is -0.0691.